The molecule has 3 N–H and O–H groups in total. The molecule has 1 aliphatic carbocycles. The molecule has 0 unspecified atom stereocenters. The number of esters is 1. The van der Waals surface area contributed by atoms with Gasteiger partial charge in [-0.05, 0) is 22.3 Å². The van der Waals surface area contributed by atoms with Crippen molar-refractivity contribution < 1.29 is 28.9 Å². The van der Waals surface area contributed by atoms with Crippen molar-refractivity contribution in [3.8, 4) is 17.0 Å². The van der Waals surface area contributed by atoms with E-state index in [4.69, 9.17) is 19.3 Å². The maximum atomic E-state index is 12.5. The molecule has 1 heterocycles. The predicted molar refractivity (Wildman–Crippen MR) is 111 cm³/mol. The van der Waals surface area contributed by atoms with Gasteiger partial charge in [-0.3, -0.25) is 5.32 Å². The molecule has 0 atom stereocenters. The van der Waals surface area contributed by atoms with Crippen molar-refractivity contribution in [3.63, 3.8) is 0 Å². The first kappa shape index (κ1) is 20.4. The molecule has 2 aromatic carbocycles. The van der Waals surface area contributed by atoms with E-state index in [1.54, 1.807) is 0 Å². The molecule has 0 fully saturated rings. The van der Waals surface area contributed by atoms with E-state index in [2.05, 4.69) is 27.6 Å². The van der Waals surface area contributed by atoms with Gasteiger partial charge in [-0.15, -0.1) is 0 Å². The molecule has 1 aromatic heterocycles. The molecular weight excluding hydrogens is 402 g/mol. The molecule has 0 saturated carbocycles. The van der Waals surface area contributed by atoms with Gasteiger partial charge in [0.15, 0.2) is 11.4 Å². The van der Waals surface area contributed by atoms with Crippen LogP contribution < -0.4 is 10.1 Å². The summed E-state index contributed by atoms with van der Waals surface area (Å²) >= 11 is 0. The number of nitrogens with one attached hydrogen (secondary N) is 2. The van der Waals surface area contributed by atoms with E-state index in [1.165, 1.54) is 7.11 Å². The molecule has 160 valence electrons. The van der Waals surface area contributed by atoms with Crippen LogP contribution in [0.2, 0.25) is 0 Å². The Bertz CT molecular complexity index is 1060. The molecule has 9 nitrogen and oxygen atoms in total. The summed E-state index contributed by atoms with van der Waals surface area (Å²) in [5.74, 6) is -0.955. The smallest absolute Gasteiger partial charge is 0.412 e. The van der Waals surface area contributed by atoms with E-state index < -0.39 is 12.1 Å². The van der Waals surface area contributed by atoms with E-state index in [-0.39, 0.29) is 43.0 Å². The van der Waals surface area contributed by atoms with Gasteiger partial charge in [-0.25, -0.2) is 14.7 Å². The minimum Gasteiger partial charge on any atom is -0.475 e. The summed E-state index contributed by atoms with van der Waals surface area (Å²) in [6.07, 6.45) is -0.771. The molecule has 1 amide bonds. The normalized spacial score (nSPS) is 12.1. The summed E-state index contributed by atoms with van der Waals surface area (Å²) < 4.78 is 15.4. The summed E-state index contributed by atoms with van der Waals surface area (Å²) in [5.41, 5.74) is 4.33. The van der Waals surface area contributed by atoms with E-state index in [1.807, 2.05) is 36.4 Å². The van der Waals surface area contributed by atoms with Crippen molar-refractivity contribution in [2.45, 2.75) is 5.92 Å². The van der Waals surface area contributed by atoms with Gasteiger partial charge in [-0.1, -0.05) is 48.5 Å². The Hall–Kier alpha value is -3.85. The second-order valence-corrected chi connectivity index (χ2v) is 6.79. The first-order valence-corrected chi connectivity index (χ1v) is 9.66. The van der Waals surface area contributed by atoms with Crippen molar-refractivity contribution in [3.05, 3.63) is 65.2 Å². The number of amides is 1. The van der Waals surface area contributed by atoms with Crippen LogP contribution in [0.4, 0.5) is 10.6 Å². The van der Waals surface area contributed by atoms with Crippen LogP contribution in [-0.4, -0.2) is 54.3 Å². The van der Waals surface area contributed by atoms with Crippen LogP contribution in [0.25, 0.3) is 11.1 Å². The number of aliphatic hydroxyl groups is 1. The molecular formula is C22H21N3O6. The number of H-pyrrole nitrogens is 1. The van der Waals surface area contributed by atoms with Gasteiger partial charge in [0.25, 0.3) is 0 Å². The third-order valence-corrected chi connectivity index (χ3v) is 5.02. The number of methoxy groups -OCH3 is 1. The molecule has 1 aliphatic rings. The predicted octanol–water partition coefficient (Wildman–Crippen LogP) is 2.93. The van der Waals surface area contributed by atoms with Crippen LogP contribution in [-0.2, 0) is 9.47 Å². The van der Waals surface area contributed by atoms with Gasteiger partial charge in [0, 0.05) is 5.92 Å². The Kier molecular flexibility index (Phi) is 5.85. The number of hydrogen-bond donors (Lipinski definition) is 3. The summed E-state index contributed by atoms with van der Waals surface area (Å²) in [6, 6.07) is 16.0. The number of fused-ring (bicyclic) bond motifs is 3. The number of aromatic amines is 1. The topological polar surface area (TPSA) is 123 Å². The fraction of sp³-hybridized carbons (Fsp3) is 0.227. The molecule has 0 bridgehead atoms. The van der Waals surface area contributed by atoms with Crippen LogP contribution in [0.5, 0.6) is 5.88 Å². The van der Waals surface area contributed by atoms with Crippen LogP contribution in [0.15, 0.2) is 48.5 Å². The molecule has 4 rings (SSSR count). The van der Waals surface area contributed by atoms with Gasteiger partial charge in [0.1, 0.15) is 13.2 Å². The minimum absolute atomic E-state index is 0.0187. The SMILES string of the molecule is COC(=O)c1c(NC(=O)OCC2c3ccccc3-c3ccccc32)n[nH]c1OCCO. The van der Waals surface area contributed by atoms with Gasteiger partial charge >= 0.3 is 12.1 Å². The van der Waals surface area contributed by atoms with E-state index in [0.29, 0.717) is 0 Å². The highest BCUT2D eigenvalue weighted by molar-refractivity contribution is 6.00. The number of ether oxygens (including phenoxy) is 3. The lowest BCUT2D eigenvalue weighted by Gasteiger charge is -2.14. The molecule has 3 aromatic rings. The Labute approximate surface area is 177 Å². The number of aliphatic hydroxyl groups excluding tert-OH is 1. The third-order valence-electron chi connectivity index (χ3n) is 5.02. The maximum absolute atomic E-state index is 12.5. The van der Waals surface area contributed by atoms with E-state index in [0.717, 1.165) is 22.3 Å². The summed E-state index contributed by atoms with van der Waals surface area (Å²) in [7, 11) is 1.20. The number of aromatic nitrogens is 2. The Balaban J connectivity index is 1.48. The van der Waals surface area contributed by atoms with Crippen molar-refractivity contribution in [2.75, 3.05) is 32.2 Å². The summed E-state index contributed by atoms with van der Waals surface area (Å²) in [5, 5.41) is 17.7. The van der Waals surface area contributed by atoms with Crippen LogP contribution >= 0.6 is 0 Å². The number of carbonyl (C=O) groups excluding carboxylic acids is 2. The number of nitrogens with zero attached hydrogens (tertiary/aromatic N) is 1. The maximum Gasteiger partial charge on any atom is 0.412 e. The van der Waals surface area contributed by atoms with Gasteiger partial charge < -0.3 is 19.3 Å². The Morgan fingerprint density at radius 2 is 1.74 bits per heavy atom. The fourth-order valence-corrected chi connectivity index (χ4v) is 3.69. The second-order valence-electron chi connectivity index (χ2n) is 6.79. The molecule has 31 heavy (non-hydrogen) atoms. The standard InChI is InChI=1S/C22H21N3O6/c1-29-21(27)18-19(24-25-20(18)30-11-10-26)23-22(28)31-12-17-15-8-4-2-6-13(15)14-7-3-5-9-16(14)17/h2-9,17,26H,10-12H2,1H3,(H2,23,24,25,28). The lowest BCUT2D eigenvalue weighted by Crippen LogP contribution is -2.19. The van der Waals surface area contributed by atoms with Gasteiger partial charge in [0.2, 0.25) is 5.88 Å². The largest absolute Gasteiger partial charge is 0.475 e. The lowest BCUT2D eigenvalue weighted by molar-refractivity contribution is 0.0596. The summed E-state index contributed by atoms with van der Waals surface area (Å²) in [6.45, 7) is -0.197. The highest BCUT2D eigenvalue weighted by Crippen LogP contribution is 2.44. The van der Waals surface area contributed by atoms with Crippen LogP contribution in [0, 0.1) is 0 Å². The average Bonchev–Trinajstić information content (AvgIpc) is 3.34. The molecule has 9 heteroatoms. The monoisotopic (exact) mass is 423 g/mol. The Morgan fingerprint density at radius 1 is 1.10 bits per heavy atom. The zero-order chi connectivity index (χ0) is 21.8. The fourth-order valence-electron chi connectivity index (χ4n) is 3.69. The Morgan fingerprint density at radius 3 is 2.35 bits per heavy atom. The first-order valence-electron chi connectivity index (χ1n) is 9.66. The lowest BCUT2D eigenvalue weighted by atomic mass is 9.98. The van der Waals surface area contributed by atoms with Crippen molar-refractivity contribution in [1.82, 2.24) is 10.2 Å². The van der Waals surface area contributed by atoms with Crippen molar-refractivity contribution in [2.24, 2.45) is 0 Å². The molecule has 0 radical (unpaired) electrons. The number of anilines is 1. The number of hydrogen-bond acceptors (Lipinski definition) is 7. The highest BCUT2D eigenvalue weighted by atomic mass is 16.6. The first-order chi connectivity index (χ1) is 15.1. The van der Waals surface area contributed by atoms with Crippen LogP contribution in [0.1, 0.15) is 27.4 Å². The average molecular weight is 423 g/mol. The quantitative estimate of drug-likeness (QED) is 0.499. The van der Waals surface area contributed by atoms with Gasteiger partial charge in [0.05, 0.1) is 13.7 Å². The number of carbonyl (C=O) groups is 2. The molecule has 0 aliphatic heterocycles. The van der Waals surface area contributed by atoms with E-state index >= 15 is 0 Å². The zero-order valence-corrected chi connectivity index (χ0v) is 16.8. The number of benzene rings is 2. The zero-order valence-electron chi connectivity index (χ0n) is 16.8. The van der Waals surface area contributed by atoms with Crippen molar-refractivity contribution >= 4 is 17.9 Å². The third kappa shape index (κ3) is 3.95. The second kappa shape index (κ2) is 8.88. The van der Waals surface area contributed by atoms with Crippen molar-refractivity contribution in [1.29, 1.82) is 0 Å². The minimum atomic E-state index is -0.771. The van der Waals surface area contributed by atoms with Crippen LogP contribution in [0.3, 0.4) is 0 Å². The number of rotatable bonds is 7. The molecule has 0 saturated heterocycles. The van der Waals surface area contributed by atoms with Gasteiger partial charge in [-0.2, -0.15) is 5.10 Å². The summed E-state index contributed by atoms with van der Waals surface area (Å²) in [4.78, 5) is 24.5. The van der Waals surface area contributed by atoms with E-state index in [9.17, 15) is 9.59 Å². The highest BCUT2D eigenvalue weighted by Gasteiger charge is 2.30. The molecule has 0 spiro atoms.